The van der Waals surface area contributed by atoms with E-state index in [1.165, 1.54) is 22.3 Å². The van der Waals surface area contributed by atoms with Crippen LogP contribution in [0.5, 0.6) is 0 Å². The molecular weight excluding hydrogens is 386 g/mol. The lowest BCUT2D eigenvalue weighted by molar-refractivity contribution is 0.501. The van der Waals surface area contributed by atoms with Gasteiger partial charge in [0.1, 0.15) is 5.76 Å². The Kier molecular flexibility index (Phi) is 6.80. The third kappa shape index (κ3) is 5.63. The largest absolute Gasteiger partial charge is 0.467 e. The van der Waals surface area contributed by atoms with Gasteiger partial charge < -0.3 is 19.6 Å². The topological polar surface area (TPSA) is 67.4 Å². The van der Waals surface area contributed by atoms with E-state index in [0.29, 0.717) is 13.1 Å². The molecule has 2 heterocycles. The number of nitrogens with zero attached hydrogens (tertiary/aromatic N) is 3. The first-order valence-electron chi connectivity index (χ1n) is 10.5. The van der Waals surface area contributed by atoms with E-state index in [0.717, 1.165) is 24.8 Å². The first-order valence-corrected chi connectivity index (χ1v) is 10.5. The van der Waals surface area contributed by atoms with Crippen molar-refractivity contribution in [3.8, 4) is 11.1 Å². The Morgan fingerprint density at radius 3 is 2.65 bits per heavy atom. The Morgan fingerprint density at radius 1 is 1.03 bits per heavy atom. The smallest absolute Gasteiger partial charge is 0.191 e. The van der Waals surface area contributed by atoms with Gasteiger partial charge in [-0.15, -0.1) is 0 Å². The van der Waals surface area contributed by atoms with Crippen LogP contribution in [0.25, 0.3) is 11.1 Å². The molecule has 6 heteroatoms. The number of hydrogen-bond donors (Lipinski definition) is 2. The quantitative estimate of drug-likeness (QED) is 0.331. The molecule has 0 aliphatic rings. The van der Waals surface area contributed by atoms with Crippen LogP contribution >= 0.6 is 0 Å². The monoisotopic (exact) mass is 413 g/mol. The summed E-state index contributed by atoms with van der Waals surface area (Å²) in [6.45, 7) is 4.85. The molecule has 0 amide bonds. The van der Waals surface area contributed by atoms with Crippen molar-refractivity contribution in [2.24, 2.45) is 4.99 Å². The van der Waals surface area contributed by atoms with Crippen molar-refractivity contribution in [1.29, 1.82) is 0 Å². The zero-order valence-electron chi connectivity index (χ0n) is 17.7. The number of benzene rings is 2. The van der Waals surface area contributed by atoms with E-state index in [2.05, 4.69) is 75.6 Å². The summed E-state index contributed by atoms with van der Waals surface area (Å²) in [5, 5.41) is 6.61. The molecule has 158 valence electrons. The van der Waals surface area contributed by atoms with Crippen LogP contribution in [-0.4, -0.2) is 22.1 Å². The van der Waals surface area contributed by atoms with E-state index in [1.807, 2.05) is 24.7 Å². The zero-order chi connectivity index (χ0) is 21.3. The molecule has 31 heavy (non-hydrogen) atoms. The minimum Gasteiger partial charge on any atom is -0.467 e. The Labute approximate surface area is 182 Å². The van der Waals surface area contributed by atoms with Gasteiger partial charge in [-0.05, 0) is 41.3 Å². The van der Waals surface area contributed by atoms with Crippen molar-refractivity contribution < 1.29 is 4.42 Å². The molecule has 4 rings (SSSR count). The highest BCUT2D eigenvalue weighted by molar-refractivity contribution is 5.80. The molecule has 6 nitrogen and oxygen atoms in total. The fraction of sp³-hybridized carbons (Fsp3) is 0.200. The predicted octanol–water partition coefficient (Wildman–Crippen LogP) is 4.45. The second kappa shape index (κ2) is 10.3. The summed E-state index contributed by atoms with van der Waals surface area (Å²) in [5.74, 6) is 1.64. The maximum Gasteiger partial charge on any atom is 0.191 e. The van der Waals surface area contributed by atoms with Crippen LogP contribution in [0.3, 0.4) is 0 Å². The molecule has 0 saturated heterocycles. The Hall–Kier alpha value is -3.80. The first kappa shape index (κ1) is 20.5. The van der Waals surface area contributed by atoms with E-state index in [1.54, 1.807) is 12.5 Å². The van der Waals surface area contributed by atoms with Crippen molar-refractivity contribution in [2.45, 2.75) is 26.6 Å². The summed E-state index contributed by atoms with van der Waals surface area (Å²) >= 11 is 0. The van der Waals surface area contributed by atoms with Crippen LogP contribution < -0.4 is 10.6 Å². The second-order valence-electron chi connectivity index (χ2n) is 7.22. The van der Waals surface area contributed by atoms with Crippen molar-refractivity contribution in [1.82, 2.24) is 20.2 Å². The number of rotatable bonds is 8. The molecule has 0 saturated carbocycles. The molecule has 0 spiro atoms. The van der Waals surface area contributed by atoms with Crippen molar-refractivity contribution >= 4 is 5.96 Å². The van der Waals surface area contributed by atoms with Gasteiger partial charge in [0.05, 0.1) is 25.7 Å². The molecule has 0 atom stereocenters. The molecule has 0 unspecified atom stereocenters. The van der Waals surface area contributed by atoms with Gasteiger partial charge >= 0.3 is 0 Å². The molecular formula is C25H27N5O. The van der Waals surface area contributed by atoms with Gasteiger partial charge in [0.2, 0.25) is 0 Å². The van der Waals surface area contributed by atoms with Gasteiger partial charge in [-0.2, -0.15) is 0 Å². The molecule has 2 aromatic carbocycles. The first-order chi connectivity index (χ1) is 15.3. The van der Waals surface area contributed by atoms with Crippen molar-refractivity contribution in [3.05, 3.63) is 103 Å². The number of nitrogens with one attached hydrogen (secondary N) is 2. The summed E-state index contributed by atoms with van der Waals surface area (Å²) in [6, 6.07) is 20.9. The average molecular weight is 414 g/mol. The van der Waals surface area contributed by atoms with Crippen LogP contribution in [0.1, 0.15) is 23.8 Å². The minimum absolute atomic E-state index is 0.584. The minimum atomic E-state index is 0.584. The van der Waals surface area contributed by atoms with Gasteiger partial charge in [-0.1, -0.05) is 48.5 Å². The number of aliphatic imine (C=N–C) groups is 1. The molecule has 0 bridgehead atoms. The summed E-state index contributed by atoms with van der Waals surface area (Å²) in [4.78, 5) is 8.88. The predicted molar refractivity (Wildman–Crippen MR) is 124 cm³/mol. The van der Waals surface area contributed by atoms with E-state index in [4.69, 9.17) is 9.41 Å². The molecule has 4 aromatic rings. The summed E-state index contributed by atoms with van der Waals surface area (Å²) in [6.07, 6.45) is 7.29. The van der Waals surface area contributed by atoms with Crippen LogP contribution in [0.15, 0.2) is 95.1 Å². The zero-order valence-corrected chi connectivity index (χ0v) is 17.7. The molecule has 0 aliphatic carbocycles. The van der Waals surface area contributed by atoms with Crippen LogP contribution in [0, 0.1) is 0 Å². The number of aromatic nitrogens is 2. The molecule has 2 aromatic heterocycles. The highest BCUT2D eigenvalue weighted by Gasteiger charge is 2.06. The van der Waals surface area contributed by atoms with Gasteiger partial charge in [0.15, 0.2) is 5.96 Å². The fourth-order valence-corrected chi connectivity index (χ4v) is 3.41. The number of imidazole rings is 1. The summed E-state index contributed by atoms with van der Waals surface area (Å²) in [5.41, 5.74) is 4.81. The molecule has 0 radical (unpaired) electrons. The molecule has 0 aliphatic heterocycles. The molecule has 0 fully saturated rings. The summed E-state index contributed by atoms with van der Waals surface area (Å²) in [7, 11) is 0. The van der Waals surface area contributed by atoms with Crippen LogP contribution in [0.2, 0.25) is 0 Å². The van der Waals surface area contributed by atoms with E-state index >= 15 is 0 Å². The van der Waals surface area contributed by atoms with Gasteiger partial charge in [0, 0.05) is 25.5 Å². The SMILES string of the molecule is CCNC(=NCc1ccccc1-c1ccc(Cn2ccnc2)cc1)NCc1ccco1. The Bertz CT molecular complexity index is 1080. The lowest BCUT2D eigenvalue weighted by atomic mass is 9.98. The third-order valence-electron chi connectivity index (χ3n) is 4.97. The normalized spacial score (nSPS) is 11.5. The highest BCUT2D eigenvalue weighted by atomic mass is 16.3. The van der Waals surface area contributed by atoms with Gasteiger partial charge in [-0.3, -0.25) is 0 Å². The van der Waals surface area contributed by atoms with Gasteiger partial charge in [-0.25, -0.2) is 9.98 Å². The maximum atomic E-state index is 5.39. The van der Waals surface area contributed by atoms with Crippen LogP contribution in [-0.2, 0) is 19.6 Å². The molecule has 2 N–H and O–H groups in total. The Balaban J connectivity index is 1.47. The van der Waals surface area contributed by atoms with Crippen molar-refractivity contribution in [2.75, 3.05) is 6.54 Å². The van der Waals surface area contributed by atoms with Crippen LogP contribution in [0.4, 0.5) is 0 Å². The van der Waals surface area contributed by atoms with E-state index < -0.39 is 0 Å². The summed E-state index contributed by atoms with van der Waals surface area (Å²) < 4.78 is 7.46. The second-order valence-corrected chi connectivity index (χ2v) is 7.22. The number of furan rings is 1. The standard InChI is InChI=1S/C25H27N5O/c1-2-27-25(29-17-23-7-5-15-31-23)28-16-22-6-3-4-8-24(22)21-11-9-20(10-12-21)18-30-14-13-26-19-30/h3-15,19H,2,16-18H2,1H3,(H2,27,28,29). The number of guanidine groups is 1. The Morgan fingerprint density at radius 2 is 1.90 bits per heavy atom. The van der Waals surface area contributed by atoms with E-state index in [9.17, 15) is 0 Å². The maximum absolute atomic E-state index is 5.39. The van der Waals surface area contributed by atoms with Crippen molar-refractivity contribution in [3.63, 3.8) is 0 Å². The van der Waals surface area contributed by atoms with Gasteiger partial charge in [0.25, 0.3) is 0 Å². The number of hydrogen-bond acceptors (Lipinski definition) is 3. The lowest BCUT2D eigenvalue weighted by Crippen LogP contribution is -2.36. The fourth-order valence-electron chi connectivity index (χ4n) is 3.41. The van der Waals surface area contributed by atoms with E-state index in [-0.39, 0.29) is 0 Å². The lowest BCUT2D eigenvalue weighted by Gasteiger charge is -2.12. The average Bonchev–Trinajstić information content (AvgIpc) is 3.51. The highest BCUT2D eigenvalue weighted by Crippen LogP contribution is 2.25. The third-order valence-corrected chi connectivity index (χ3v) is 4.97.